The Morgan fingerprint density at radius 3 is 2.75 bits per heavy atom. The SMILES string of the molecule is c1cc(C2CC2)nnc1NCC1CN(c2cc3c(nn2)CCC3)C1. The number of rotatable bonds is 5. The predicted octanol–water partition coefficient (Wildman–Crippen LogP) is 2.18. The van der Waals surface area contributed by atoms with Crippen LogP contribution in [0.15, 0.2) is 18.2 Å². The number of hydrogen-bond acceptors (Lipinski definition) is 6. The first-order valence-electron chi connectivity index (χ1n) is 9.03. The van der Waals surface area contributed by atoms with Gasteiger partial charge >= 0.3 is 0 Å². The molecule has 2 aromatic rings. The number of aryl methyl sites for hydroxylation is 2. The second-order valence-electron chi connectivity index (χ2n) is 7.30. The van der Waals surface area contributed by atoms with E-state index in [0.29, 0.717) is 11.8 Å². The summed E-state index contributed by atoms with van der Waals surface area (Å²) in [6.07, 6.45) is 6.01. The lowest BCUT2D eigenvalue weighted by atomic mass is 10.00. The maximum absolute atomic E-state index is 4.39. The van der Waals surface area contributed by atoms with Crippen LogP contribution in [-0.4, -0.2) is 40.0 Å². The molecule has 24 heavy (non-hydrogen) atoms. The number of nitrogens with one attached hydrogen (secondary N) is 1. The van der Waals surface area contributed by atoms with Crippen molar-refractivity contribution in [3.8, 4) is 0 Å². The van der Waals surface area contributed by atoms with Gasteiger partial charge in [0, 0.05) is 31.5 Å². The van der Waals surface area contributed by atoms with Gasteiger partial charge < -0.3 is 10.2 Å². The first-order chi connectivity index (χ1) is 11.8. The van der Waals surface area contributed by atoms with Crippen molar-refractivity contribution >= 4 is 11.6 Å². The average Bonchev–Trinajstić information content (AvgIpc) is 3.32. The van der Waals surface area contributed by atoms with Crippen LogP contribution < -0.4 is 10.2 Å². The first-order valence-corrected chi connectivity index (χ1v) is 9.03. The van der Waals surface area contributed by atoms with Gasteiger partial charge in [-0.05, 0) is 55.9 Å². The van der Waals surface area contributed by atoms with Crippen molar-refractivity contribution in [1.82, 2.24) is 20.4 Å². The van der Waals surface area contributed by atoms with Gasteiger partial charge in [0.15, 0.2) is 5.82 Å². The molecule has 0 bridgehead atoms. The van der Waals surface area contributed by atoms with Gasteiger partial charge in [0.2, 0.25) is 0 Å². The van der Waals surface area contributed by atoms with E-state index in [9.17, 15) is 0 Å². The molecule has 0 radical (unpaired) electrons. The zero-order valence-electron chi connectivity index (χ0n) is 13.8. The third-order valence-corrected chi connectivity index (χ3v) is 5.34. The molecule has 0 spiro atoms. The van der Waals surface area contributed by atoms with Crippen LogP contribution in [0, 0.1) is 5.92 Å². The van der Waals surface area contributed by atoms with Crippen LogP contribution >= 0.6 is 0 Å². The Balaban J connectivity index is 1.13. The number of anilines is 2. The summed E-state index contributed by atoms with van der Waals surface area (Å²) in [7, 11) is 0. The second kappa shape index (κ2) is 5.69. The van der Waals surface area contributed by atoms with Crippen molar-refractivity contribution < 1.29 is 0 Å². The fraction of sp³-hybridized carbons (Fsp3) is 0.556. The Morgan fingerprint density at radius 2 is 1.96 bits per heavy atom. The molecule has 0 amide bonds. The number of hydrogen-bond donors (Lipinski definition) is 1. The van der Waals surface area contributed by atoms with Crippen LogP contribution in [0.2, 0.25) is 0 Å². The van der Waals surface area contributed by atoms with Crippen molar-refractivity contribution in [2.24, 2.45) is 5.92 Å². The van der Waals surface area contributed by atoms with E-state index in [-0.39, 0.29) is 0 Å². The van der Waals surface area contributed by atoms with E-state index in [1.807, 2.05) is 0 Å². The Kier molecular flexibility index (Phi) is 3.35. The van der Waals surface area contributed by atoms with Crippen molar-refractivity contribution in [3.63, 3.8) is 0 Å². The summed E-state index contributed by atoms with van der Waals surface area (Å²) in [5.74, 6) is 3.22. The van der Waals surface area contributed by atoms with Crippen LogP contribution in [0.1, 0.15) is 42.1 Å². The zero-order valence-corrected chi connectivity index (χ0v) is 13.8. The summed E-state index contributed by atoms with van der Waals surface area (Å²) < 4.78 is 0. The number of fused-ring (bicyclic) bond motifs is 1. The quantitative estimate of drug-likeness (QED) is 0.910. The van der Waals surface area contributed by atoms with Gasteiger partial charge in [0.1, 0.15) is 5.82 Å². The largest absolute Gasteiger partial charge is 0.368 e. The molecule has 0 atom stereocenters. The van der Waals surface area contributed by atoms with Gasteiger partial charge in [-0.1, -0.05) is 0 Å². The monoisotopic (exact) mass is 322 g/mol. The van der Waals surface area contributed by atoms with Crippen LogP contribution in [0.4, 0.5) is 11.6 Å². The molecule has 6 nitrogen and oxygen atoms in total. The Bertz CT molecular complexity index is 734. The molecule has 1 aliphatic heterocycles. The van der Waals surface area contributed by atoms with Crippen molar-refractivity contribution in [3.05, 3.63) is 35.2 Å². The number of aromatic nitrogens is 4. The maximum atomic E-state index is 4.39. The van der Waals surface area contributed by atoms with Crippen LogP contribution in [0.25, 0.3) is 0 Å². The lowest BCUT2D eigenvalue weighted by Crippen LogP contribution is -2.50. The van der Waals surface area contributed by atoms with Gasteiger partial charge in [-0.3, -0.25) is 0 Å². The zero-order chi connectivity index (χ0) is 15.9. The van der Waals surface area contributed by atoms with Gasteiger partial charge in [0.05, 0.1) is 11.4 Å². The summed E-state index contributed by atoms with van der Waals surface area (Å²) in [5.41, 5.74) is 3.74. The minimum absolute atomic E-state index is 0.630. The van der Waals surface area contributed by atoms with Gasteiger partial charge in [-0.15, -0.1) is 10.2 Å². The molecule has 0 unspecified atom stereocenters. The summed E-state index contributed by atoms with van der Waals surface area (Å²) in [6.45, 7) is 3.01. The van der Waals surface area contributed by atoms with E-state index < -0.39 is 0 Å². The van der Waals surface area contributed by atoms with Gasteiger partial charge in [-0.2, -0.15) is 10.2 Å². The average molecular weight is 322 g/mol. The molecule has 1 N–H and O–H groups in total. The summed E-state index contributed by atoms with van der Waals surface area (Å²) in [4.78, 5) is 2.32. The smallest absolute Gasteiger partial charge is 0.151 e. The summed E-state index contributed by atoms with van der Waals surface area (Å²) in [5, 5.41) is 20.8. The van der Waals surface area contributed by atoms with E-state index in [2.05, 4.69) is 48.8 Å². The van der Waals surface area contributed by atoms with Crippen molar-refractivity contribution in [2.75, 3.05) is 29.9 Å². The molecule has 2 aliphatic carbocycles. The molecular weight excluding hydrogens is 300 g/mol. The third kappa shape index (κ3) is 2.70. The van der Waals surface area contributed by atoms with E-state index in [1.54, 1.807) is 0 Å². The lowest BCUT2D eigenvalue weighted by molar-refractivity contribution is 0.425. The van der Waals surface area contributed by atoms with E-state index in [1.165, 1.54) is 30.5 Å². The highest BCUT2D eigenvalue weighted by Gasteiger charge is 2.29. The highest BCUT2D eigenvalue weighted by atomic mass is 15.3. The highest BCUT2D eigenvalue weighted by molar-refractivity contribution is 5.45. The molecular formula is C18H22N6. The predicted molar refractivity (Wildman–Crippen MR) is 92.3 cm³/mol. The van der Waals surface area contributed by atoms with Crippen LogP contribution in [-0.2, 0) is 12.8 Å². The fourth-order valence-corrected chi connectivity index (χ4v) is 3.64. The fourth-order valence-electron chi connectivity index (χ4n) is 3.64. The number of nitrogens with zero attached hydrogens (tertiary/aromatic N) is 5. The van der Waals surface area contributed by atoms with Crippen LogP contribution in [0.5, 0.6) is 0 Å². The maximum Gasteiger partial charge on any atom is 0.151 e. The molecule has 124 valence electrons. The normalized spacial score (nSPS) is 19.9. The van der Waals surface area contributed by atoms with Crippen molar-refractivity contribution in [2.45, 2.75) is 38.0 Å². The van der Waals surface area contributed by atoms with Gasteiger partial charge in [0.25, 0.3) is 0 Å². The third-order valence-electron chi connectivity index (χ3n) is 5.34. The highest BCUT2D eigenvalue weighted by Crippen LogP contribution is 2.38. The van der Waals surface area contributed by atoms with Crippen LogP contribution in [0.3, 0.4) is 0 Å². The van der Waals surface area contributed by atoms with Gasteiger partial charge in [-0.25, -0.2) is 0 Å². The van der Waals surface area contributed by atoms with E-state index in [4.69, 9.17) is 0 Å². The lowest BCUT2D eigenvalue weighted by Gasteiger charge is -2.40. The van der Waals surface area contributed by atoms with Crippen molar-refractivity contribution in [1.29, 1.82) is 0 Å². The Labute approximate surface area is 141 Å². The Hall–Kier alpha value is -2.24. The van der Waals surface area contributed by atoms with E-state index >= 15 is 0 Å². The minimum Gasteiger partial charge on any atom is -0.368 e. The summed E-state index contributed by atoms with van der Waals surface area (Å²) in [6, 6.07) is 6.41. The molecule has 6 heteroatoms. The molecule has 0 aromatic carbocycles. The molecule has 1 saturated heterocycles. The molecule has 3 aliphatic rings. The minimum atomic E-state index is 0.630. The topological polar surface area (TPSA) is 66.8 Å². The summed E-state index contributed by atoms with van der Waals surface area (Å²) >= 11 is 0. The standard InChI is InChI=1S/C18H22N6/c1-2-14-8-18(23-21-15(14)3-1)24-10-12(11-24)9-19-17-7-6-16(20-22-17)13-4-5-13/h6-8,12-13H,1-5,9-11H2,(H,19,22). The first kappa shape index (κ1) is 14.1. The second-order valence-corrected chi connectivity index (χ2v) is 7.30. The molecule has 1 saturated carbocycles. The molecule has 3 heterocycles. The Morgan fingerprint density at radius 1 is 1.04 bits per heavy atom. The molecule has 2 fully saturated rings. The molecule has 5 rings (SSSR count). The molecule has 2 aromatic heterocycles. The van der Waals surface area contributed by atoms with E-state index in [0.717, 1.165) is 49.8 Å².